The minimum Gasteiger partial charge on any atom is -0.506 e. The lowest BCUT2D eigenvalue weighted by atomic mass is 9.99. The molecule has 0 saturated carbocycles. The Balaban J connectivity index is 2.16. The van der Waals surface area contributed by atoms with Crippen LogP contribution >= 0.6 is 0 Å². The average molecular weight is 432 g/mol. The molecule has 3 aromatic rings. The largest absolute Gasteiger partial charge is 0.506 e. The van der Waals surface area contributed by atoms with Gasteiger partial charge in [-0.3, -0.25) is 14.7 Å². The summed E-state index contributed by atoms with van der Waals surface area (Å²) < 4.78 is 46.2. The van der Waals surface area contributed by atoms with E-state index in [0.29, 0.717) is 29.0 Å². The van der Waals surface area contributed by atoms with E-state index in [1.807, 2.05) is 6.92 Å². The van der Waals surface area contributed by atoms with Gasteiger partial charge in [0.25, 0.3) is 0 Å². The molecular formula is C22H23F3N4O2. The number of aryl methyl sites for hydroxylation is 1. The number of nitrogens with zero attached hydrogens (tertiary/aromatic N) is 4. The fraction of sp³-hybridized carbons (Fsp3) is 0.318. The van der Waals surface area contributed by atoms with Crippen molar-refractivity contribution in [1.82, 2.24) is 14.8 Å². The number of halogens is 3. The highest BCUT2D eigenvalue weighted by molar-refractivity contribution is 5.88. The van der Waals surface area contributed by atoms with Crippen molar-refractivity contribution in [2.45, 2.75) is 25.9 Å². The second-order valence-electron chi connectivity index (χ2n) is 6.97. The van der Waals surface area contributed by atoms with Crippen LogP contribution in [-0.2, 0) is 13.2 Å². The van der Waals surface area contributed by atoms with Crippen molar-refractivity contribution in [3.63, 3.8) is 0 Å². The molecule has 0 aliphatic rings. The van der Waals surface area contributed by atoms with Gasteiger partial charge in [0.2, 0.25) is 0 Å². The van der Waals surface area contributed by atoms with E-state index in [-0.39, 0.29) is 17.0 Å². The van der Waals surface area contributed by atoms with Gasteiger partial charge in [0.15, 0.2) is 0 Å². The predicted molar refractivity (Wildman–Crippen MR) is 112 cm³/mol. The normalized spacial score (nSPS) is 11.9. The molecule has 1 aromatic carbocycles. The Morgan fingerprint density at radius 2 is 2.00 bits per heavy atom. The topological polar surface area (TPSA) is 72.5 Å². The van der Waals surface area contributed by atoms with Crippen molar-refractivity contribution in [3.8, 4) is 33.9 Å². The van der Waals surface area contributed by atoms with Crippen molar-refractivity contribution < 1.29 is 23.0 Å². The molecule has 0 aliphatic carbocycles. The van der Waals surface area contributed by atoms with Gasteiger partial charge in [-0.1, -0.05) is 13.3 Å². The number of benzene rings is 1. The summed E-state index contributed by atoms with van der Waals surface area (Å²) in [5, 5.41) is 15.0. The number of unbranched alkanes of at least 4 members (excludes halogenated alkanes) is 1. The van der Waals surface area contributed by atoms with Crippen molar-refractivity contribution in [2.24, 2.45) is 12.0 Å². The van der Waals surface area contributed by atoms with Crippen molar-refractivity contribution >= 4 is 6.21 Å². The number of aliphatic imine (C=N–C) groups is 1. The summed E-state index contributed by atoms with van der Waals surface area (Å²) in [5.74, 6) is 0.183. The summed E-state index contributed by atoms with van der Waals surface area (Å²) in [6.45, 7) is 2.47. The predicted octanol–water partition coefficient (Wildman–Crippen LogP) is 5.10. The van der Waals surface area contributed by atoms with Crippen LogP contribution in [0.3, 0.4) is 0 Å². The van der Waals surface area contributed by atoms with Gasteiger partial charge in [-0.25, -0.2) is 0 Å². The van der Waals surface area contributed by atoms with Crippen molar-refractivity contribution in [1.29, 1.82) is 0 Å². The Hall–Kier alpha value is -3.36. The van der Waals surface area contributed by atoms with E-state index in [1.54, 1.807) is 37.8 Å². The van der Waals surface area contributed by atoms with Crippen molar-refractivity contribution in [2.75, 3.05) is 13.7 Å². The second-order valence-corrected chi connectivity index (χ2v) is 6.97. The molecule has 0 aliphatic heterocycles. The lowest BCUT2D eigenvalue weighted by Gasteiger charge is -2.15. The van der Waals surface area contributed by atoms with E-state index in [2.05, 4.69) is 15.1 Å². The van der Waals surface area contributed by atoms with Crippen LogP contribution < -0.4 is 4.74 Å². The summed E-state index contributed by atoms with van der Waals surface area (Å²) >= 11 is 0. The van der Waals surface area contributed by atoms with Gasteiger partial charge in [0.05, 0.1) is 17.9 Å². The maximum Gasteiger partial charge on any atom is 0.433 e. The molecule has 31 heavy (non-hydrogen) atoms. The molecule has 0 radical (unpaired) electrons. The highest BCUT2D eigenvalue weighted by atomic mass is 19.4. The first-order chi connectivity index (χ1) is 14.8. The van der Waals surface area contributed by atoms with Crippen molar-refractivity contribution in [3.05, 3.63) is 47.9 Å². The number of aromatic nitrogens is 3. The van der Waals surface area contributed by atoms with Gasteiger partial charge in [-0.15, -0.1) is 0 Å². The molecule has 9 heteroatoms. The molecule has 0 unspecified atom stereocenters. The standard InChI is InChI=1S/C22H23F3N4O2/c1-4-5-8-31-18-7-6-16(17-10-19(22(23,24)25)29(3)28-17)21(30)20(18)15-9-14(11-26-2)12-27-13-15/h6-7,9-13,30H,4-5,8H2,1-3H3/b26-11+. The summed E-state index contributed by atoms with van der Waals surface area (Å²) in [6.07, 6.45) is 1.97. The number of alkyl halides is 3. The Morgan fingerprint density at radius 3 is 2.65 bits per heavy atom. The summed E-state index contributed by atoms with van der Waals surface area (Å²) in [7, 11) is 2.84. The Morgan fingerprint density at radius 1 is 1.23 bits per heavy atom. The quantitative estimate of drug-likeness (QED) is 0.416. The first-order valence-electron chi connectivity index (χ1n) is 9.74. The number of phenols is 1. The number of hydrogen-bond acceptors (Lipinski definition) is 5. The maximum absolute atomic E-state index is 13.2. The monoisotopic (exact) mass is 432 g/mol. The zero-order valence-electron chi connectivity index (χ0n) is 17.4. The molecule has 0 amide bonds. The summed E-state index contributed by atoms with van der Waals surface area (Å²) in [6, 6.07) is 5.82. The van der Waals surface area contributed by atoms with E-state index >= 15 is 0 Å². The first kappa shape index (κ1) is 22.3. The van der Waals surface area contributed by atoms with Gasteiger partial charge in [-0.05, 0) is 30.7 Å². The second kappa shape index (κ2) is 9.20. The highest BCUT2D eigenvalue weighted by Gasteiger charge is 2.35. The van der Waals surface area contributed by atoms with Gasteiger partial charge in [-0.2, -0.15) is 18.3 Å². The molecule has 3 rings (SSSR count). The zero-order valence-corrected chi connectivity index (χ0v) is 17.4. The lowest BCUT2D eigenvalue weighted by molar-refractivity contribution is -0.143. The number of pyridine rings is 1. The Kier molecular flexibility index (Phi) is 6.62. The van der Waals surface area contributed by atoms with Gasteiger partial charge in [0, 0.05) is 49.4 Å². The van der Waals surface area contributed by atoms with Gasteiger partial charge in [0.1, 0.15) is 17.2 Å². The van der Waals surface area contributed by atoms with Crippen LogP contribution in [0.5, 0.6) is 11.5 Å². The molecule has 1 N–H and O–H groups in total. The van der Waals surface area contributed by atoms with Crippen LogP contribution in [0.25, 0.3) is 22.4 Å². The van der Waals surface area contributed by atoms with Crippen LogP contribution in [0.4, 0.5) is 13.2 Å². The highest BCUT2D eigenvalue weighted by Crippen LogP contribution is 2.44. The number of aromatic hydroxyl groups is 1. The Labute approximate surface area is 178 Å². The molecule has 0 saturated heterocycles. The Bertz CT molecular complexity index is 1090. The molecule has 2 heterocycles. The zero-order chi connectivity index (χ0) is 22.6. The number of ether oxygens (including phenoxy) is 1. The molecule has 0 fully saturated rings. The van der Waals surface area contributed by atoms with Gasteiger partial charge < -0.3 is 9.84 Å². The van der Waals surface area contributed by atoms with E-state index in [1.165, 1.54) is 13.1 Å². The van der Waals surface area contributed by atoms with Crippen LogP contribution in [0, 0.1) is 0 Å². The molecule has 0 spiro atoms. The molecule has 164 valence electrons. The summed E-state index contributed by atoms with van der Waals surface area (Å²) in [4.78, 5) is 8.15. The third kappa shape index (κ3) is 4.87. The average Bonchev–Trinajstić information content (AvgIpc) is 3.11. The lowest BCUT2D eigenvalue weighted by Crippen LogP contribution is -2.11. The molecule has 6 nitrogen and oxygen atoms in total. The minimum absolute atomic E-state index is 0.00733. The number of hydrogen-bond donors (Lipinski definition) is 1. The molecular weight excluding hydrogens is 409 g/mol. The van der Waals surface area contributed by atoms with Crippen LogP contribution in [0.2, 0.25) is 0 Å². The fourth-order valence-corrected chi connectivity index (χ4v) is 3.18. The number of phenolic OH excluding ortho intramolecular Hbond substituents is 1. The number of rotatable bonds is 7. The third-order valence-electron chi connectivity index (χ3n) is 4.67. The maximum atomic E-state index is 13.2. The first-order valence-corrected chi connectivity index (χ1v) is 9.74. The molecule has 0 bridgehead atoms. The van der Waals surface area contributed by atoms with E-state index in [9.17, 15) is 18.3 Å². The smallest absolute Gasteiger partial charge is 0.433 e. The molecule has 0 atom stereocenters. The SMILES string of the molecule is CCCCOc1ccc(-c2cc(C(F)(F)F)n(C)n2)c(O)c1-c1cncc(/C=N/C)c1. The van der Waals surface area contributed by atoms with E-state index in [4.69, 9.17) is 4.74 Å². The van der Waals surface area contributed by atoms with Crippen LogP contribution in [-0.4, -0.2) is 39.7 Å². The minimum atomic E-state index is -4.56. The van der Waals surface area contributed by atoms with Gasteiger partial charge >= 0.3 is 6.18 Å². The van der Waals surface area contributed by atoms with E-state index < -0.39 is 11.9 Å². The third-order valence-corrected chi connectivity index (χ3v) is 4.67. The molecule has 2 aromatic heterocycles. The summed E-state index contributed by atoms with van der Waals surface area (Å²) in [5.41, 5.74) is 0.865. The van der Waals surface area contributed by atoms with Crippen LogP contribution in [0.15, 0.2) is 41.7 Å². The van der Waals surface area contributed by atoms with E-state index in [0.717, 1.165) is 23.6 Å². The fourth-order valence-electron chi connectivity index (χ4n) is 3.18. The van der Waals surface area contributed by atoms with Crippen LogP contribution in [0.1, 0.15) is 31.0 Å².